The number of fused-ring (bicyclic) bond motifs is 5. The van der Waals surface area contributed by atoms with Gasteiger partial charge in [0.1, 0.15) is 11.6 Å². The van der Waals surface area contributed by atoms with Crippen LogP contribution < -0.4 is 0 Å². The number of amides is 1. The Morgan fingerprint density at radius 2 is 1.79 bits per heavy atom. The number of carbonyl (C=O) groups excluding carboxylic acids is 3. The number of nitrogens with zero attached hydrogens (tertiary/aromatic N) is 2. The summed E-state index contributed by atoms with van der Waals surface area (Å²) in [6.07, 6.45) is 11.4. The number of likely N-dealkylation sites (tertiary alicyclic amines) is 1. The first kappa shape index (κ1) is 27.4. The summed E-state index contributed by atoms with van der Waals surface area (Å²) in [5.41, 5.74) is 2.02. The highest BCUT2D eigenvalue weighted by molar-refractivity contribution is 5.91. The predicted octanol–water partition coefficient (Wildman–Crippen LogP) is 6.45. The van der Waals surface area contributed by atoms with Crippen molar-refractivity contribution in [3.8, 4) is 0 Å². The maximum Gasteiger partial charge on any atom is 0.411 e. The molecule has 0 spiro atoms. The average Bonchev–Trinajstić information content (AvgIpc) is 3.46. The highest BCUT2D eigenvalue weighted by Gasteiger charge is 2.59. The van der Waals surface area contributed by atoms with Crippen molar-refractivity contribution in [1.82, 2.24) is 4.90 Å². The Bertz CT molecular complexity index is 1060. The van der Waals surface area contributed by atoms with Gasteiger partial charge in [0.2, 0.25) is 0 Å². The highest BCUT2D eigenvalue weighted by Crippen LogP contribution is 2.66. The zero-order chi connectivity index (χ0) is 27.5. The number of ketones is 1. The molecule has 1 amide bonds. The normalized spacial score (nSPS) is 39.2. The maximum atomic E-state index is 13.0. The molecule has 7 nitrogen and oxygen atoms in total. The van der Waals surface area contributed by atoms with Crippen LogP contribution in [0.5, 0.6) is 0 Å². The van der Waals surface area contributed by atoms with E-state index >= 15 is 0 Å². The molecule has 7 atom stereocenters. The number of hydrogen-bond donors (Lipinski definition) is 0. The summed E-state index contributed by atoms with van der Waals surface area (Å²) in [4.78, 5) is 44.7. The van der Waals surface area contributed by atoms with Crippen molar-refractivity contribution in [3.63, 3.8) is 0 Å². The smallest absolute Gasteiger partial charge is 0.411 e. The molecule has 1 heterocycles. The Kier molecular flexibility index (Phi) is 7.05. The third-order valence-corrected chi connectivity index (χ3v) is 10.9. The van der Waals surface area contributed by atoms with Gasteiger partial charge in [0.25, 0.3) is 0 Å². The van der Waals surface area contributed by atoms with E-state index in [4.69, 9.17) is 9.57 Å². The van der Waals surface area contributed by atoms with Gasteiger partial charge in [0.05, 0.1) is 5.71 Å². The lowest BCUT2D eigenvalue weighted by Gasteiger charge is -2.58. The lowest BCUT2D eigenvalue weighted by atomic mass is 9.46. The molecule has 4 aliphatic carbocycles. The van der Waals surface area contributed by atoms with E-state index in [0.717, 1.165) is 37.8 Å². The molecule has 4 fully saturated rings. The first-order chi connectivity index (χ1) is 17.8. The van der Waals surface area contributed by atoms with E-state index in [-0.39, 0.29) is 10.8 Å². The Labute approximate surface area is 227 Å². The molecule has 38 heavy (non-hydrogen) atoms. The average molecular weight is 527 g/mol. The zero-order valence-corrected chi connectivity index (χ0v) is 24.2. The molecule has 1 aliphatic heterocycles. The minimum atomic E-state index is -0.642. The van der Waals surface area contributed by atoms with Gasteiger partial charge in [0, 0.05) is 18.9 Å². The van der Waals surface area contributed by atoms with Crippen molar-refractivity contribution in [2.45, 2.75) is 117 Å². The van der Waals surface area contributed by atoms with Crippen LogP contribution in [0, 0.1) is 34.5 Å². The minimum absolute atomic E-state index is 0.152. The summed E-state index contributed by atoms with van der Waals surface area (Å²) in [6, 6.07) is -0.642. The first-order valence-electron chi connectivity index (χ1n) is 14.8. The fourth-order valence-electron chi connectivity index (χ4n) is 9.04. The molecule has 0 aromatic heterocycles. The van der Waals surface area contributed by atoms with Gasteiger partial charge >= 0.3 is 12.1 Å². The third-order valence-electron chi connectivity index (χ3n) is 10.9. The summed E-state index contributed by atoms with van der Waals surface area (Å²) in [6.45, 7) is 12.8. The monoisotopic (exact) mass is 526 g/mol. The molecule has 0 N–H and O–H groups in total. The van der Waals surface area contributed by atoms with Gasteiger partial charge in [-0.2, -0.15) is 0 Å². The molecular formula is C31H46N2O5. The van der Waals surface area contributed by atoms with E-state index < -0.39 is 23.7 Å². The molecule has 1 saturated heterocycles. The molecule has 5 aliphatic rings. The summed E-state index contributed by atoms with van der Waals surface area (Å²) in [5, 5.41) is 4.39. The summed E-state index contributed by atoms with van der Waals surface area (Å²) >= 11 is 0. The van der Waals surface area contributed by atoms with Crippen molar-refractivity contribution in [1.29, 1.82) is 0 Å². The molecule has 0 unspecified atom stereocenters. The fraction of sp³-hybridized carbons (Fsp3) is 0.806. The van der Waals surface area contributed by atoms with Crippen LogP contribution in [0.15, 0.2) is 16.8 Å². The van der Waals surface area contributed by atoms with Crippen LogP contribution in [0.4, 0.5) is 4.79 Å². The Balaban J connectivity index is 1.26. The molecule has 5 rings (SSSR count). The fourth-order valence-corrected chi connectivity index (χ4v) is 9.04. The van der Waals surface area contributed by atoms with Gasteiger partial charge in [-0.1, -0.05) is 24.6 Å². The van der Waals surface area contributed by atoms with Crippen molar-refractivity contribution >= 4 is 23.6 Å². The number of rotatable bonds is 3. The van der Waals surface area contributed by atoms with Crippen LogP contribution in [0.25, 0.3) is 0 Å². The Morgan fingerprint density at radius 3 is 2.53 bits per heavy atom. The molecule has 210 valence electrons. The zero-order valence-electron chi connectivity index (χ0n) is 24.2. The van der Waals surface area contributed by atoms with E-state index in [0.29, 0.717) is 48.8 Å². The number of ether oxygens (including phenoxy) is 1. The van der Waals surface area contributed by atoms with Crippen LogP contribution in [-0.2, 0) is 19.2 Å². The van der Waals surface area contributed by atoms with Gasteiger partial charge in [0.15, 0.2) is 5.78 Å². The molecule has 0 aromatic carbocycles. The van der Waals surface area contributed by atoms with Crippen LogP contribution >= 0.6 is 0 Å². The maximum absolute atomic E-state index is 13.0. The standard InChI is InChI=1S/C31H46N2O5/c1-19(32-38-27(35)26-8-7-17-33(26)28(36)37-29(2,3)4)23-11-12-24-22-10-9-20-18-21(34)13-15-30(20,5)25(22)14-16-31(23,24)6/h18,22-26H,7-17H2,1-6H3/b32-19+/t22-,23+,24-,25-,26-,30-,31+/m0/s1. The van der Waals surface area contributed by atoms with Gasteiger partial charge in [-0.05, 0) is 120 Å². The van der Waals surface area contributed by atoms with Crippen molar-refractivity contribution in [2.24, 2.45) is 39.7 Å². The van der Waals surface area contributed by atoms with Gasteiger partial charge in [-0.25, -0.2) is 9.59 Å². The summed E-state index contributed by atoms with van der Waals surface area (Å²) < 4.78 is 5.49. The van der Waals surface area contributed by atoms with Crippen molar-refractivity contribution in [3.05, 3.63) is 11.6 Å². The van der Waals surface area contributed by atoms with Crippen LogP contribution in [0.3, 0.4) is 0 Å². The largest absolute Gasteiger partial charge is 0.444 e. The SMILES string of the molecule is C/C(=N\OC(=O)[C@@H]1CCCN1C(=O)OC(C)(C)C)[C@H]1CC[C@H]2[C@@H]3CCC4=CC(=O)CC[C@]4(C)[C@H]3CC[C@]12C. The number of carbonyl (C=O) groups is 3. The molecular weight excluding hydrogens is 480 g/mol. The molecule has 7 heteroatoms. The summed E-state index contributed by atoms with van der Waals surface area (Å²) in [5.74, 6) is 2.12. The highest BCUT2D eigenvalue weighted by atomic mass is 16.7. The third kappa shape index (κ3) is 4.72. The first-order valence-corrected chi connectivity index (χ1v) is 14.8. The molecule has 0 bridgehead atoms. The predicted molar refractivity (Wildman–Crippen MR) is 145 cm³/mol. The minimum Gasteiger partial charge on any atom is -0.444 e. The second kappa shape index (κ2) is 9.78. The second-order valence-electron chi connectivity index (χ2n) is 14.1. The van der Waals surface area contributed by atoms with Crippen LogP contribution in [0.1, 0.15) is 106 Å². The van der Waals surface area contributed by atoms with E-state index in [1.54, 1.807) is 0 Å². The second-order valence-corrected chi connectivity index (χ2v) is 14.1. The summed E-state index contributed by atoms with van der Waals surface area (Å²) in [7, 11) is 0. The number of hydrogen-bond acceptors (Lipinski definition) is 6. The number of oxime groups is 1. The lowest BCUT2D eigenvalue weighted by molar-refractivity contribution is -0.148. The van der Waals surface area contributed by atoms with Crippen LogP contribution in [0.2, 0.25) is 0 Å². The van der Waals surface area contributed by atoms with Gasteiger partial charge in [-0.3, -0.25) is 9.69 Å². The van der Waals surface area contributed by atoms with E-state index in [9.17, 15) is 14.4 Å². The van der Waals surface area contributed by atoms with Crippen molar-refractivity contribution in [2.75, 3.05) is 6.54 Å². The lowest BCUT2D eigenvalue weighted by Crippen LogP contribution is -2.51. The van der Waals surface area contributed by atoms with Crippen molar-refractivity contribution < 1.29 is 24.0 Å². The van der Waals surface area contributed by atoms with E-state index in [1.165, 1.54) is 29.7 Å². The van der Waals surface area contributed by atoms with E-state index in [2.05, 4.69) is 19.0 Å². The number of allylic oxidation sites excluding steroid dienone is 1. The topological polar surface area (TPSA) is 85.3 Å². The Morgan fingerprint density at radius 1 is 1.03 bits per heavy atom. The van der Waals surface area contributed by atoms with E-state index in [1.807, 2.05) is 33.8 Å². The molecule has 0 aromatic rings. The van der Waals surface area contributed by atoms with Gasteiger partial charge < -0.3 is 9.57 Å². The van der Waals surface area contributed by atoms with Crippen LogP contribution in [-0.4, -0.2) is 46.6 Å². The quantitative estimate of drug-likeness (QED) is 0.240. The molecule has 0 radical (unpaired) electrons. The Hall–Kier alpha value is -2.18. The molecule has 3 saturated carbocycles. The van der Waals surface area contributed by atoms with Gasteiger partial charge in [-0.15, -0.1) is 0 Å².